The highest BCUT2D eigenvalue weighted by atomic mass is 19.1. The van der Waals surface area contributed by atoms with Crippen LogP contribution in [0.15, 0.2) is 11.0 Å². The molecule has 1 aromatic heterocycles. The Morgan fingerprint density at radius 1 is 1.36 bits per heavy atom. The summed E-state index contributed by atoms with van der Waals surface area (Å²) in [6.45, 7) is 2.35. The summed E-state index contributed by atoms with van der Waals surface area (Å²) in [7, 11) is 0. The second kappa shape index (κ2) is 4.59. The first-order chi connectivity index (χ1) is 10.3. The molecule has 1 aliphatic rings. The fourth-order valence-electron chi connectivity index (χ4n) is 2.64. The van der Waals surface area contributed by atoms with Crippen molar-refractivity contribution in [3.8, 4) is 0 Å². The van der Waals surface area contributed by atoms with Gasteiger partial charge in [0.2, 0.25) is 5.43 Å². The zero-order valence-corrected chi connectivity index (χ0v) is 11.9. The molecule has 0 spiro atoms. The lowest BCUT2D eigenvalue weighted by Gasteiger charge is -2.16. The van der Waals surface area contributed by atoms with E-state index >= 15 is 0 Å². The SMILES string of the molecule is CC(=O)c1cn([C@@H]2C[C@@H]2F)c2c(F)c(C)c(F)c(N)c2c1=O. The molecular weight excluding hydrogens is 297 g/mol. The van der Waals surface area contributed by atoms with Crippen LogP contribution in [0, 0.1) is 18.6 Å². The monoisotopic (exact) mass is 310 g/mol. The molecule has 22 heavy (non-hydrogen) atoms. The molecule has 0 bridgehead atoms. The summed E-state index contributed by atoms with van der Waals surface area (Å²) < 4.78 is 43.1. The number of rotatable bonds is 2. The number of hydrogen-bond donors (Lipinski definition) is 1. The summed E-state index contributed by atoms with van der Waals surface area (Å²) in [6.07, 6.45) is 0.0823. The lowest BCUT2D eigenvalue weighted by atomic mass is 10.0. The van der Waals surface area contributed by atoms with Gasteiger partial charge in [-0.15, -0.1) is 0 Å². The van der Waals surface area contributed by atoms with Crippen molar-refractivity contribution in [2.45, 2.75) is 32.5 Å². The third-order valence-electron chi connectivity index (χ3n) is 4.02. The van der Waals surface area contributed by atoms with E-state index in [4.69, 9.17) is 5.73 Å². The molecule has 1 saturated carbocycles. The number of alkyl halides is 1. The van der Waals surface area contributed by atoms with Crippen LogP contribution >= 0.6 is 0 Å². The van der Waals surface area contributed by atoms with Gasteiger partial charge in [0.25, 0.3) is 0 Å². The molecule has 2 aromatic rings. The summed E-state index contributed by atoms with van der Waals surface area (Å²) in [5, 5.41) is -0.410. The molecule has 1 heterocycles. The first kappa shape index (κ1) is 14.6. The molecule has 0 unspecified atom stereocenters. The van der Waals surface area contributed by atoms with Gasteiger partial charge in [-0.05, 0) is 13.8 Å². The van der Waals surface area contributed by atoms with E-state index < -0.39 is 46.1 Å². The largest absolute Gasteiger partial charge is 0.396 e. The normalized spacial score (nSPS) is 20.4. The van der Waals surface area contributed by atoms with E-state index in [2.05, 4.69) is 0 Å². The minimum atomic E-state index is -1.20. The van der Waals surface area contributed by atoms with Crippen molar-refractivity contribution < 1.29 is 18.0 Å². The van der Waals surface area contributed by atoms with Crippen molar-refractivity contribution in [1.82, 2.24) is 4.57 Å². The smallest absolute Gasteiger partial charge is 0.202 e. The Morgan fingerprint density at radius 3 is 2.45 bits per heavy atom. The summed E-state index contributed by atoms with van der Waals surface area (Å²) in [4.78, 5) is 23.9. The number of fused-ring (bicyclic) bond motifs is 1. The number of nitrogen functional groups attached to an aromatic ring is 1. The van der Waals surface area contributed by atoms with Crippen LogP contribution in [0.2, 0.25) is 0 Å². The average Bonchev–Trinajstić information content (AvgIpc) is 3.18. The molecule has 4 nitrogen and oxygen atoms in total. The van der Waals surface area contributed by atoms with Crippen LogP contribution < -0.4 is 11.2 Å². The molecule has 1 aromatic carbocycles. The van der Waals surface area contributed by atoms with Crippen molar-refractivity contribution >= 4 is 22.4 Å². The maximum absolute atomic E-state index is 14.5. The van der Waals surface area contributed by atoms with Crippen LogP contribution in [0.4, 0.5) is 18.9 Å². The minimum Gasteiger partial charge on any atom is -0.396 e. The second-order valence-electron chi connectivity index (χ2n) is 5.54. The average molecular weight is 310 g/mol. The van der Waals surface area contributed by atoms with E-state index in [1.54, 1.807) is 0 Å². The Kier molecular flexibility index (Phi) is 3.05. The van der Waals surface area contributed by atoms with Gasteiger partial charge in [0.05, 0.1) is 28.2 Å². The molecule has 7 heteroatoms. The minimum absolute atomic E-state index is 0.144. The van der Waals surface area contributed by atoms with Crippen molar-refractivity contribution in [3.05, 3.63) is 39.2 Å². The molecule has 0 amide bonds. The van der Waals surface area contributed by atoms with Crippen molar-refractivity contribution in [3.63, 3.8) is 0 Å². The highest BCUT2D eigenvalue weighted by Gasteiger charge is 2.41. The third kappa shape index (κ3) is 1.84. The number of hydrogen-bond acceptors (Lipinski definition) is 3. The number of nitrogens with zero attached hydrogens (tertiary/aromatic N) is 1. The first-order valence-electron chi connectivity index (χ1n) is 6.72. The van der Waals surface area contributed by atoms with Crippen LogP contribution in [0.1, 0.15) is 35.3 Å². The van der Waals surface area contributed by atoms with Crippen LogP contribution in [0.3, 0.4) is 0 Å². The maximum atomic E-state index is 14.5. The molecule has 116 valence electrons. The zero-order chi connectivity index (χ0) is 16.3. The summed E-state index contributed by atoms with van der Waals surface area (Å²) >= 11 is 0. The summed E-state index contributed by atoms with van der Waals surface area (Å²) in [5.74, 6) is -2.58. The Bertz CT molecular complexity index is 889. The number of ketones is 1. The number of aromatic nitrogens is 1. The van der Waals surface area contributed by atoms with Crippen molar-refractivity contribution in [1.29, 1.82) is 0 Å². The first-order valence-corrected chi connectivity index (χ1v) is 6.72. The molecule has 1 aliphatic carbocycles. The molecule has 2 atom stereocenters. The molecular formula is C15H13F3N2O2. The second-order valence-corrected chi connectivity index (χ2v) is 5.54. The van der Waals surface area contributed by atoms with E-state index in [0.717, 1.165) is 13.1 Å². The van der Waals surface area contributed by atoms with Crippen molar-refractivity contribution in [2.75, 3.05) is 5.73 Å². The quantitative estimate of drug-likeness (QED) is 0.685. The number of Topliss-reactive ketones (excluding diaryl/α,β-unsaturated/α-hetero) is 1. The van der Waals surface area contributed by atoms with Crippen LogP contribution in [0.5, 0.6) is 0 Å². The van der Waals surface area contributed by atoms with E-state index in [1.165, 1.54) is 11.5 Å². The van der Waals surface area contributed by atoms with Crippen molar-refractivity contribution in [2.24, 2.45) is 0 Å². The van der Waals surface area contributed by atoms with E-state index in [1.807, 2.05) is 0 Å². The van der Waals surface area contributed by atoms with Crippen LogP contribution in [-0.2, 0) is 0 Å². The van der Waals surface area contributed by atoms with E-state index in [-0.39, 0.29) is 23.1 Å². The fraction of sp³-hybridized carbons (Fsp3) is 0.333. The van der Waals surface area contributed by atoms with Gasteiger partial charge in [0.15, 0.2) is 17.4 Å². The van der Waals surface area contributed by atoms with Gasteiger partial charge in [0.1, 0.15) is 6.17 Å². The topological polar surface area (TPSA) is 65.1 Å². The highest BCUT2D eigenvalue weighted by molar-refractivity contribution is 6.00. The molecule has 2 N–H and O–H groups in total. The van der Waals surface area contributed by atoms with Gasteiger partial charge in [-0.25, -0.2) is 13.2 Å². The number of halogens is 3. The lowest BCUT2D eigenvalue weighted by molar-refractivity contribution is 0.101. The predicted molar refractivity (Wildman–Crippen MR) is 75.8 cm³/mol. The Hall–Kier alpha value is -2.31. The van der Waals surface area contributed by atoms with Gasteiger partial charge in [-0.1, -0.05) is 0 Å². The number of carbonyl (C=O) groups is 1. The molecule has 0 radical (unpaired) electrons. The highest BCUT2D eigenvalue weighted by Crippen LogP contribution is 2.42. The summed E-state index contributed by atoms with van der Waals surface area (Å²) in [6, 6.07) is -0.681. The van der Waals surface area contributed by atoms with Gasteiger partial charge in [0, 0.05) is 18.2 Å². The van der Waals surface area contributed by atoms with E-state index in [9.17, 15) is 22.8 Å². The Balaban J connectivity index is 2.56. The Labute approximate surface area is 123 Å². The number of anilines is 1. The van der Waals surface area contributed by atoms with Crippen LogP contribution in [-0.4, -0.2) is 16.5 Å². The van der Waals surface area contributed by atoms with E-state index in [0.29, 0.717) is 0 Å². The molecule has 3 rings (SSSR count). The Morgan fingerprint density at radius 2 is 1.95 bits per heavy atom. The molecule has 0 aliphatic heterocycles. The number of nitrogens with two attached hydrogens (primary N) is 1. The predicted octanol–water partition coefficient (Wildman–Crippen LogP) is 2.66. The lowest BCUT2D eigenvalue weighted by Crippen LogP contribution is -2.21. The zero-order valence-electron chi connectivity index (χ0n) is 11.9. The molecule has 0 saturated heterocycles. The van der Waals surface area contributed by atoms with Gasteiger partial charge in [-0.2, -0.15) is 0 Å². The molecule has 1 fully saturated rings. The van der Waals surface area contributed by atoms with Crippen LogP contribution in [0.25, 0.3) is 10.9 Å². The van der Waals surface area contributed by atoms with Gasteiger partial charge < -0.3 is 10.3 Å². The number of benzene rings is 1. The standard InChI is InChI=1S/C15H13F3N2O2/c1-5-11(17)13(19)10-14(12(5)18)20(9-3-8(9)16)4-7(6(2)21)15(10)22/h4,8-9H,3,19H2,1-2H3/t8-,9+/m0/s1. The fourth-order valence-corrected chi connectivity index (χ4v) is 2.64. The third-order valence-corrected chi connectivity index (χ3v) is 4.02. The number of pyridine rings is 1. The van der Waals surface area contributed by atoms with Gasteiger partial charge >= 0.3 is 0 Å². The maximum Gasteiger partial charge on any atom is 0.202 e. The summed E-state index contributed by atoms with van der Waals surface area (Å²) in [5.41, 5.74) is 3.40. The van der Waals surface area contributed by atoms with Gasteiger partial charge in [-0.3, -0.25) is 9.59 Å². The number of carbonyl (C=O) groups excluding carboxylic acids is 1.